The summed E-state index contributed by atoms with van der Waals surface area (Å²) in [6.45, 7) is 0. The predicted octanol–water partition coefficient (Wildman–Crippen LogP) is 4.20. The summed E-state index contributed by atoms with van der Waals surface area (Å²) in [7, 11) is 0. The number of nitrogens with one attached hydrogen (secondary N) is 1. The maximum Gasteiger partial charge on any atom is 0.232 e. The highest BCUT2D eigenvalue weighted by Crippen LogP contribution is 2.45. The molecule has 3 rings (SSSR count). The maximum absolute atomic E-state index is 13.5. The van der Waals surface area contributed by atoms with Crippen molar-refractivity contribution in [2.24, 2.45) is 5.92 Å². The molecule has 1 amide bonds. The molecule has 1 atom stereocenters. The highest BCUT2D eigenvalue weighted by Gasteiger charge is 2.38. The lowest BCUT2D eigenvalue weighted by atomic mass is 9.77. The molecular formula is C14H15BrFNO. The Kier molecular flexibility index (Phi) is 3.14. The van der Waals surface area contributed by atoms with Gasteiger partial charge in [-0.05, 0) is 52.4 Å². The molecule has 2 nitrogen and oxygen atoms in total. The molecule has 0 aromatic heterocycles. The van der Waals surface area contributed by atoms with Crippen LogP contribution in [0.1, 0.15) is 43.6 Å². The number of amides is 1. The van der Waals surface area contributed by atoms with Crippen LogP contribution in [0.4, 0.5) is 10.1 Å². The Morgan fingerprint density at radius 1 is 1.22 bits per heavy atom. The molecule has 18 heavy (non-hydrogen) atoms. The quantitative estimate of drug-likeness (QED) is 0.827. The molecule has 1 aromatic carbocycles. The molecule has 0 saturated heterocycles. The SMILES string of the molecule is O=C1Nc2c(Br)cc(F)cc2C1C1CCCCC1. The van der Waals surface area contributed by atoms with Crippen molar-refractivity contribution in [2.75, 3.05) is 5.32 Å². The first kappa shape index (κ1) is 12.2. The molecule has 1 heterocycles. The van der Waals surface area contributed by atoms with Crippen LogP contribution in [0.3, 0.4) is 0 Å². The van der Waals surface area contributed by atoms with Crippen molar-refractivity contribution < 1.29 is 9.18 Å². The lowest BCUT2D eigenvalue weighted by Crippen LogP contribution is -2.22. The van der Waals surface area contributed by atoms with Crippen molar-refractivity contribution in [3.8, 4) is 0 Å². The van der Waals surface area contributed by atoms with E-state index in [9.17, 15) is 9.18 Å². The molecule has 0 bridgehead atoms. The number of benzene rings is 1. The first-order valence-corrected chi connectivity index (χ1v) is 7.26. The largest absolute Gasteiger partial charge is 0.324 e. The van der Waals surface area contributed by atoms with Crippen LogP contribution in [-0.4, -0.2) is 5.91 Å². The number of hydrogen-bond acceptors (Lipinski definition) is 1. The summed E-state index contributed by atoms with van der Waals surface area (Å²) >= 11 is 3.32. The second-order valence-electron chi connectivity index (χ2n) is 5.22. The van der Waals surface area contributed by atoms with Crippen molar-refractivity contribution in [3.05, 3.63) is 28.0 Å². The third-order valence-electron chi connectivity index (χ3n) is 4.07. The minimum atomic E-state index is -0.280. The Morgan fingerprint density at radius 3 is 2.67 bits per heavy atom. The third kappa shape index (κ3) is 1.96. The van der Waals surface area contributed by atoms with Gasteiger partial charge in [-0.25, -0.2) is 4.39 Å². The Bertz CT molecular complexity index is 497. The first-order valence-electron chi connectivity index (χ1n) is 6.46. The zero-order valence-electron chi connectivity index (χ0n) is 10.0. The second kappa shape index (κ2) is 4.65. The van der Waals surface area contributed by atoms with E-state index in [0.29, 0.717) is 10.4 Å². The van der Waals surface area contributed by atoms with Gasteiger partial charge in [-0.2, -0.15) is 0 Å². The number of anilines is 1. The maximum atomic E-state index is 13.5. The number of rotatable bonds is 1. The fourth-order valence-electron chi connectivity index (χ4n) is 3.25. The zero-order valence-corrected chi connectivity index (χ0v) is 11.6. The number of hydrogen-bond donors (Lipinski definition) is 1. The Balaban J connectivity index is 2.00. The molecule has 0 radical (unpaired) electrons. The van der Waals surface area contributed by atoms with Crippen LogP contribution in [0.5, 0.6) is 0 Å². The molecule has 96 valence electrons. The predicted molar refractivity (Wildman–Crippen MR) is 72.0 cm³/mol. The fourth-order valence-corrected chi connectivity index (χ4v) is 3.80. The molecule has 0 spiro atoms. The normalized spacial score (nSPS) is 23.9. The van der Waals surface area contributed by atoms with Crippen molar-refractivity contribution in [3.63, 3.8) is 0 Å². The van der Waals surface area contributed by atoms with E-state index in [-0.39, 0.29) is 17.6 Å². The number of halogens is 2. The minimum Gasteiger partial charge on any atom is -0.324 e. The fraction of sp³-hybridized carbons (Fsp3) is 0.500. The summed E-state index contributed by atoms with van der Waals surface area (Å²) in [4.78, 5) is 12.1. The molecule has 4 heteroatoms. The zero-order chi connectivity index (χ0) is 12.7. The minimum absolute atomic E-state index is 0.0307. The molecule has 1 N–H and O–H groups in total. The van der Waals surface area contributed by atoms with E-state index in [1.807, 2.05) is 0 Å². The van der Waals surface area contributed by atoms with Crippen LogP contribution in [0.15, 0.2) is 16.6 Å². The Hall–Kier alpha value is -0.900. The molecular weight excluding hydrogens is 297 g/mol. The van der Waals surface area contributed by atoms with Gasteiger partial charge in [0.1, 0.15) is 5.82 Å². The van der Waals surface area contributed by atoms with Gasteiger partial charge in [-0.3, -0.25) is 4.79 Å². The molecule has 2 aliphatic rings. The summed E-state index contributed by atoms with van der Waals surface area (Å²) in [5.41, 5.74) is 1.59. The van der Waals surface area contributed by atoms with Crippen molar-refractivity contribution in [2.45, 2.75) is 38.0 Å². The van der Waals surface area contributed by atoms with Crippen molar-refractivity contribution in [1.29, 1.82) is 0 Å². The lowest BCUT2D eigenvalue weighted by molar-refractivity contribution is -0.118. The number of fused-ring (bicyclic) bond motifs is 1. The summed E-state index contributed by atoms with van der Waals surface area (Å²) in [6, 6.07) is 2.92. The summed E-state index contributed by atoms with van der Waals surface area (Å²) in [6.07, 6.45) is 5.77. The van der Waals surface area contributed by atoms with Crippen LogP contribution in [0.2, 0.25) is 0 Å². The topological polar surface area (TPSA) is 29.1 Å². The van der Waals surface area contributed by atoms with Crippen molar-refractivity contribution >= 4 is 27.5 Å². The van der Waals surface area contributed by atoms with E-state index in [2.05, 4.69) is 21.2 Å². The summed E-state index contributed by atoms with van der Waals surface area (Å²) in [5.74, 6) is -0.0397. The van der Waals surface area contributed by atoms with Gasteiger partial charge in [0.15, 0.2) is 0 Å². The van der Waals surface area contributed by atoms with Gasteiger partial charge >= 0.3 is 0 Å². The van der Waals surface area contributed by atoms with Crippen LogP contribution < -0.4 is 5.32 Å². The Morgan fingerprint density at radius 2 is 1.94 bits per heavy atom. The molecule has 1 aliphatic carbocycles. The number of carbonyl (C=O) groups is 1. The molecule has 1 saturated carbocycles. The standard InChI is InChI=1S/C14H15BrFNO/c15-11-7-9(16)6-10-12(14(18)17-13(10)11)8-4-2-1-3-5-8/h6-8,12H,1-5H2,(H,17,18). The van der Waals surface area contributed by atoms with E-state index >= 15 is 0 Å². The average molecular weight is 312 g/mol. The van der Waals surface area contributed by atoms with E-state index < -0.39 is 0 Å². The number of carbonyl (C=O) groups excluding carboxylic acids is 1. The van der Waals surface area contributed by atoms with Gasteiger partial charge in [-0.1, -0.05) is 19.3 Å². The van der Waals surface area contributed by atoms with Gasteiger partial charge in [0, 0.05) is 4.47 Å². The van der Waals surface area contributed by atoms with Crippen LogP contribution >= 0.6 is 15.9 Å². The van der Waals surface area contributed by atoms with E-state index in [1.165, 1.54) is 31.4 Å². The smallest absolute Gasteiger partial charge is 0.232 e. The lowest BCUT2D eigenvalue weighted by Gasteiger charge is -2.26. The van der Waals surface area contributed by atoms with Crippen LogP contribution in [-0.2, 0) is 4.79 Å². The van der Waals surface area contributed by atoms with Gasteiger partial charge in [0.05, 0.1) is 11.6 Å². The highest BCUT2D eigenvalue weighted by atomic mass is 79.9. The second-order valence-corrected chi connectivity index (χ2v) is 6.07. The molecule has 1 fully saturated rings. The molecule has 1 aliphatic heterocycles. The van der Waals surface area contributed by atoms with Gasteiger partial charge in [0.25, 0.3) is 0 Å². The first-order chi connectivity index (χ1) is 8.66. The van der Waals surface area contributed by atoms with Gasteiger partial charge < -0.3 is 5.32 Å². The molecule has 1 aromatic rings. The van der Waals surface area contributed by atoms with Crippen LogP contribution in [0, 0.1) is 11.7 Å². The summed E-state index contributed by atoms with van der Waals surface area (Å²) in [5, 5.41) is 2.89. The summed E-state index contributed by atoms with van der Waals surface area (Å²) < 4.78 is 14.2. The van der Waals surface area contributed by atoms with E-state index in [4.69, 9.17) is 0 Å². The van der Waals surface area contributed by atoms with Gasteiger partial charge in [0.2, 0.25) is 5.91 Å². The monoisotopic (exact) mass is 311 g/mol. The van der Waals surface area contributed by atoms with Crippen molar-refractivity contribution in [1.82, 2.24) is 0 Å². The highest BCUT2D eigenvalue weighted by molar-refractivity contribution is 9.10. The van der Waals surface area contributed by atoms with Gasteiger partial charge in [-0.15, -0.1) is 0 Å². The third-order valence-corrected chi connectivity index (χ3v) is 4.70. The average Bonchev–Trinajstić information content (AvgIpc) is 2.67. The van der Waals surface area contributed by atoms with Crippen LogP contribution in [0.25, 0.3) is 0 Å². The Labute approximate surface area is 114 Å². The van der Waals surface area contributed by atoms with E-state index in [1.54, 1.807) is 0 Å². The molecule has 1 unspecified atom stereocenters. The van der Waals surface area contributed by atoms with E-state index in [0.717, 1.165) is 24.1 Å².